The Hall–Kier alpha value is -1.73. The molecule has 0 saturated carbocycles. The number of ether oxygens (including phenoxy) is 1. The number of rotatable bonds is 4. The van der Waals surface area contributed by atoms with Crippen molar-refractivity contribution in [3.05, 3.63) is 28.8 Å². The summed E-state index contributed by atoms with van der Waals surface area (Å²) in [5, 5.41) is 3.18. The second-order valence-corrected chi connectivity index (χ2v) is 8.29. The maximum atomic E-state index is 12.3. The van der Waals surface area contributed by atoms with Crippen LogP contribution in [0.15, 0.2) is 18.2 Å². The molecule has 2 heterocycles. The van der Waals surface area contributed by atoms with Crippen molar-refractivity contribution in [1.29, 1.82) is 0 Å². The Morgan fingerprint density at radius 1 is 1.48 bits per heavy atom. The summed E-state index contributed by atoms with van der Waals surface area (Å²) in [5.74, 6) is -0.526. The minimum absolute atomic E-state index is 0.0341. The van der Waals surface area contributed by atoms with Gasteiger partial charge >= 0.3 is 5.97 Å². The number of anilines is 1. The van der Waals surface area contributed by atoms with Gasteiger partial charge in [-0.15, -0.1) is 11.8 Å². The van der Waals surface area contributed by atoms with Crippen LogP contribution in [0.4, 0.5) is 5.69 Å². The van der Waals surface area contributed by atoms with Gasteiger partial charge in [-0.25, -0.2) is 4.79 Å². The standard InChI is InChI=1S/C17H19ClN2O4S/c1-10-3-4-11(7-12(10)18)19-14(21)8-24-16(23)13-9-25-17(2)6-5-15(22)20(13)17/h3-4,7,13H,5-6,8-9H2,1-2H3,(H,19,21)/t13-,17-/m1/s1. The average molecular weight is 383 g/mol. The minimum Gasteiger partial charge on any atom is -0.454 e. The number of hydrogen-bond acceptors (Lipinski definition) is 5. The molecule has 2 atom stereocenters. The van der Waals surface area contributed by atoms with E-state index in [0.717, 1.165) is 12.0 Å². The number of hydrogen-bond donors (Lipinski definition) is 1. The predicted molar refractivity (Wildman–Crippen MR) is 96.5 cm³/mol. The van der Waals surface area contributed by atoms with Crippen LogP contribution in [-0.2, 0) is 19.1 Å². The lowest BCUT2D eigenvalue weighted by Crippen LogP contribution is -2.47. The van der Waals surface area contributed by atoms with E-state index >= 15 is 0 Å². The highest BCUT2D eigenvalue weighted by atomic mass is 35.5. The number of carbonyl (C=O) groups is 3. The summed E-state index contributed by atoms with van der Waals surface area (Å²) in [6, 6.07) is 4.53. The average Bonchev–Trinajstić information content (AvgIpc) is 3.05. The molecule has 1 aromatic rings. The summed E-state index contributed by atoms with van der Waals surface area (Å²) >= 11 is 7.60. The number of benzene rings is 1. The van der Waals surface area contributed by atoms with Crippen molar-refractivity contribution >= 4 is 46.8 Å². The largest absolute Gasteiger partial charge is 0.454 e. The van der Waals surface area contributed by atoms with Crippen molar-refractivity contribution in [3.63, 3.8) is 0 Å². The minimum atomic E-state index is -0.619. The molecule has 2 amide bonds. The van der Waals surface area contributed by atoms with E-state index in [-0.39, 0.29) is 10.8 Å². The Kier molecular flexibility index (Phi) is 4.97. The summed E-state index contributed by atoms with van der Waals surface area (Å²) in [6.45, 7) is 3.43. The van der Waals surface area contributed by atoms with Gasteiger partial charge in [0.05, 0.1) is 4.87 Å². The molecule has 8 heteroatoms. The highest BCUT2D eigenvalue weighted by molar-refractivity contribution is 8.01. The van der Waals surface area contributed by atoms with E-state index in [1.807, 2.05) is 13.8 Å². The van der Waals surface area contributed by atoms with Crippen LogP contribution in [0.5, 0.6) is 0 Å². The molecule has 0 unspecified atom stereocenters. The molecule has 3 rings (SSSR count). The third-order valence-electron chi connectivity index (χ3n) is 4.52. The third kappa shape index (κ3) is 3.62. The lowest BCUT2D eigenvalue weighted by atomic mass is 10.2. The van der Waals surface area contributed by atoms with Crippen LogP contribution in [0.3, 0.4) is 0 Å². The van der Waals surface area contributed by atoms with Crippen molar-refractivity contribution < 1.29 is 19.1 Å². The van der Waals surface area contributed by atoms with Crippen molar-refractivity contribution in [3.8, 4) is 0 Å². The summed E-state index contributed by atoms with van der Waals surface area (Å²) in [5.41, 5.74) is 1.44. The number of amides is 2. The zero-order chi connectivity index (χ0) is 18.2. The number of thioether (sulfide) groups is 1. The van der Waals surface area contributed by atoms with Crippen LogP contribution in [0.2, 0.25) is 5.02 Å². The second-order valence-electron chi connectivity index (χ2n) is 6.39. The Balaban J connectivity index is 1.54. The van der Waals surface area contributed by atoms with Gasteiger partial charge in [-0.2, -0.15) is 0 Å². The maximum absolute atomic E-state index is 12.3. The number of halogens is 1. The van der Waals surface area contributed by atoms with Crippen molar-refractivity contribution in [2.45, 2.75) is 37.6 Å². The smallest absolute Gasteiger partial charge is 0.330 e. The first-order chi connectivity index (χ1) is 11.8. The highest BCUT2D eigenvalue weighted by Gasteiger charge is 2.53. The Labute approximate surface area is 155 Å². The number of fused-ring (bicyclic) bond motifs is 1. The predicted octanol–water partition coefficient (Wildman–Crippen LogP) is 2.58. The number of esters is 1. The zero-order valence-electron chi connectivity index (χ0n) is 14.0. The van der Waals surface area contributed by atoms with E-state index in [1.165, 1.54) is 0 Å². The SMILES string of the molecule is Cc1ccc(NC(=O)COC(=O)[C@H]2CS[C@]3(C)CCC(=O)N23)cc1Cl. The van der Waals surface area contributed by atoms with Gasteiger partial charge in [-0.1, -0.05) is 17.7 Å². The first-order valence-corrected chi connectivity index (χ1v) is 9.35. The van der Waals surface area contributed by atoms with E-state index in [2.05, 4.69) is 5.32 Å². The van der Waals surface area contributed by atoms with E-state index < -0.39 is 24.5 Å². The van der Waals surface area contributed by atoms with Crippen LogP contribution in [0, 0.1) is 6.92 Å². The molecular weight excluding hydrogens is 364 g/mol. The molecule has 0 radical (unpaired) electrons. The Morgan fingerprint density at radius 2 is 2.24 bits per heavy atom. The lowest BCUT2D eigenvalue weighted by molar-refractivity contribution is -0.155. The number of aryl methyl sites for hydroxylation is 1. The van der Waals surface area contributed by atoms with Gasteiger partial charge in [-0.3, -0.25) is 9.59 Å². The van der Waals surface area contributed by atoms with Crippen LogP contribution in [0.25, 0.3) is 0 Å². The molecule has 2 aliphatic heterocycles. The summed E-state index contributed by atoms with van der Waals surface area (Å²) in [4.78, 5) is 37.6. The second kappa shape index (κ2) is 6.88. The zero-order valence-corrected chi connectivity index (χ0v) is 15.6. The Bertz CT molecular complexity index is 741. The molecule has 0 aliphatic carbocycles. The van der Waals surface area contributed by atoms with Crippen molar-refractivity contribution in [1.82, 2.24) is 4.90 Å². The number of nitrogens with one attached hydrogen (secondary N) is 1. The molecule has 6 nitrogen and oxygen atoms in total. The highest BCUT2D eigenvalue weighted by Crippen LogP contribution is 2.47. The van der Waals surface area contributed by atoms with Gasteiger partial charge in [0.15, 0.2) is 6.61 Å². The molecule has 1 aromatic carbocycles. The molecule has 2 fully saturated rings. The lowest BCUT2D eigenvalue weighted by Gasteiger charge is -2.29. The van der Waals surface area contributed by atoms with Crippen LogP contribution < -0.4 is 5.32 Å². The number of nitrogens with zero attached hydrogens (tertiary/aromatic N) is 1. The molecule has 1 N–H and O–H groups in total. The quantitative estimate of drug-likeness (QED) is 0.810. The van der Waals surface area contributed by atoms with Crippen LogP contribution in [0.1, 0.15) is 25.3 Å². The van der Waals surface area contributed by atoms with Gasteiger partial charge < -0.3 is 15.0 Å². The van der Waals surface area contributed by atoms with Crippen molar-refractivity contribution in [2.24, 2.45) is 0 Å². The molecule has 0 bridgehead atoms. The topological polar surface area (TPSA) is 75.7 Å². The van der Waals surface area contributed by atoms with E-state index in [4.69, 9.17) is 16.3 Å². The molecule has 0 aromatic heterocycles. The number of carbonyl (C=O) groups excluding carboxylic acids is 3. The van der Waals surface area contributed by atoms with Gasteiger partial charge in [0.2, 0.25) is 5.91 Å². The van der Waals surface area contributed by atoms with Crippen LogP contribution >= 0.6 is 23.4 Å². The van der Waals surface area contributed by atoms with E-state index in [1.54, 1.807) is 34.9 Å². The molecular formula is C17H19ClN2O4S. The first kappa shape index (κ1) is 18.1. The van der Waals surface area contributed by atoms with E-state index in [0.29, 0.717) is 22.9 Å². The van der Waals surface area contributed by atoms with Gasteiger partial charge in [0.25, 0.3) is 5.91 Å². The molecule has 0 spiro atoms. The summed E-state index contributed by atoms with van der Waals surface area (Å²) in [6.07, 6.45) is 1.18. The summed E-state index contributed by atoms with van der Waals surface area (Å²) in [7, 11) is 0. The fourth-order valence-electron chi connectivity index (χ4n) is 3.10. The fourth-order valence-corrected chi connectivity index (χ4v) is 4.69. The Morgan fingerprint density at radius 3 is 2.96 bits per heavy atom. The monoisotopic (exact) mass is 382 g/mol. The molecule has 134 valence electrons. The van der Waals surface area contributed by atoms with E-state index in [9.17, 15) is 14.4 Å². The van der Waals surface area contributed by atoms with Crippen molar-refractivity contribution in [2.75, 3.05) is 17.7 Å². The third-order valence-corrected chi connectivity index (χ3v) is 6.43. The molecule has 2 aliphatic rings. The molecule has 25 heavy (non-hydrogen) atoms. The van der Waals surface area contributed by atoms with Crippen LogP contribution in [-0.4, -0.2) is 46.0 Å². The summed E-state index contributed by atoms with van der Waals surface area (Å²) < 4.78 is 5.12. The first-order valence-electron chi connectivity index (χ1n) is 7.99. The van der Waals surface area contributed by atoms with Gasteiger partial charge in [0, 0.05) is 22.9 Å². The van der Waals surface area contributed by atoms with Gasteiger partial charge in [0.1, 0.15) is 6.04 Å². The van der Waals surface area contributed by atoms with Gasteiger partial charge in [-0.05, 0) is 38.0 Å². The fraction of sp³-hybridized carbons (Fsp3) is 0.471. The maximum Gasteiger partial charge on any atom is 0.330 e. The normalized spacial score (nSPS) is 25.0. The molecule has 2 saturated heterocycles.